The van der Waals surface area contributed by atoms with Gasteiger partial charge in [-0.05, 0) is 42.0 Å². The summed E-state index contributed by atoms with van der Waals surface area (Å²) >= 11 is 0. The van der Waals surface area contributed by atoms with Gasteiger partial charge in [0, 0.05) is 6.20 Å². The Bertz CT molecular complexity index is 501. The van der Waals surface area contributed by atoms with Crippen molar-refractivity contribution in [3.8, 4) is 0 Å². The highest BCUT2D eigenvalue weighted by Gasteiger charge is 2.17. The maximum Gasteiger partial charge on any atom is 0.0693 e. The molecule has 15 heavy (non-hydrogen) atoms. The summed E-state index contributed by atoms with van der Waals surface area (Å²) in [7, 11) is 0. The van der Waals surface area contributed by atoms with Gasteiger partial charge >= 0.3 is 0 Å². The first-order valence-electron chi connectivity index (χ1n) is 5.34. The fraction of sp³-hybridized carbons (Fsp3) is 0.462. The lowest BCUT2D eigenvalue weighted by Crippen LogP contribution is -2.13. The molecular formula is C13H18N2. The molecule has 2 aromatic heterocycles. The third-order valence-corrected chi connectivity index (χ3v) is 2.86. The SMILES string of the molecule is Cc1cn2ncc(C)c2cc1C(C)(C)C. The van der Waals surface area contributed by atoms with Gasteiger partial charge < -0.3 is 0 Å². The van der Waals surface area contributed by atoms with Gasteiger partial charge in [-0.3, -0.25) is 0 Å². The standard InChI is InChI=1S/C13H18N2/c1-9-7-14-15-8-10(2)11(6-12(9)15)13(3,4)5/h6-8H,1-5H3. The van der Waals surface area contributed by atoms with Gasteiger partial charge in [0.1, 0.15) is 0 Å². The molecule has 0 aliphatic rings. The van der Waals surface area contributed by atoms with Crippen molar-refractivity contribution in [2.24, 2.45) is 0 Å². The van der Waals surface area contributed by atoms with Gasteiger partial charge in [0.15, 0.2) is 0 Å². The Morgan fingerprint density at radius 2 is 1.80 bits per heavy atom. The zero-order valence-electron chi connectivity index (χ0n) is 10.1. The van der Waals surface area contributed by atoms with E-state index in [9.17, 15) is 0 Å². The summed E-state index contributed by atoms with van der Waals surface area (Å²) in [6.45, 7) is 11.0. The Morgan fingerprint density at radius 3 is 2.40 bits per heavy atom. The summed E-state index contributed by atoms with van der Waals surface area (Å²) in [5, 5.41) is 4.32. The quantitative estimate of drug-likeness (QED) is 0.641. The Balaban J connectivity index is 2.76. The molecular weight excluding hydrogens is 184 g/mol. The Morgan fingerprint density at radius 1 is 1.13 bits per heavy atom. The van der Waals surface area contributed by atoms with Gasteiger partial charge in [-0.1, -0.05) is 20.8 Å². The Hall–Kier alpha value is -1.31. The number of fused-ring (bicyclic) bond motifs is 1. The fourth-order valence-electron chi connectivity index (χ4n) is 2.05. The molecule has 0 atom stereocenters. The van der Waals surface area contributed by atoms with Crippen molar-refractivity contribution in [3.63, 3.8) is 0 Å². The lowest BCUT2D eigenvalue weighted by Gasteiger charge is -2.21. The van der Waals surface area contributed by atoms with Gasteiger partial charge in [-0.25, -0.2) is 4.52 Å². The molecule has 0 fully saturated rings. The number of aryl methyl sites for hydroxylation is 2. The topological polar surface area (TPSA) is 17.3 Å². The molecule has 0 saturated carbocycles. The van der Waals surface area contributed by atoms with Crippen molar-refractivity contribution < 1.29 is 0 Å². The van der Waals surface area contributed by atoms with E-state index in [0.29, 0.717) is 0 Å². The van der Waals surface area contributed by atoms with Gasteiger partial charge in [0.05, 0.1) is 11.7 Å². The Kier molecular flexibility index (Phi) is 2.10. The lowest BCUT2D eigenvalue weighted by atomic mass is 9.84. The van der Waals surface area contributed by atoms with Crippen LogP contribution in [0.5, 0.6) is 0 Å². The minimum Gasteiger partial charge on any atom is -0.240 e. The normalized spacial score (nSPS) is 12.3. The largest absolute Gasteiger partial charge is 0.240 e. The first kappa shape index (κ1) is 10.2. The second-order valence-corrected chi connectivity index (χ2v) is 5.28. The highest BCUT2D eigenvalue weighted by molar-refractivity contribution is 5.57. The van der Waals surface area contributed by atoms with Crippen LogP contribution in [0.15, 0.2) is 18.5 Å². The van der Waals surface area contributed by atoms with Crippen LogP contribution in [0.4, 0.5) is 0 Å². The maximum absolute atomic E-state index is 4.32. The summed E-state index contributed by atoms with van der Waals surface area (Å²) in [4.78, 5) is 0. The van der Waals surface area contributed by atoms with Gasteiger partial charge in [0.2, 0.25) is 0 Å². The number of hydrogen-bond donors (Lipinski definition) is 0. The van der Waals surface area contributed by atoms with E-state index in [1.807, 2.05) is 10.7 Å². The number of aromatic nitrogens is 2. The molecule has 0 aliphatic carbocycles. The van der Waals surface area contributed by atoms with E-state index in [1.54, 1.807) is 0 Å². The molecule has 2 rings (SSSR count). The lowest BCUT2D eigenvalue weighted by molar-refractivity contribution is 0.585. The van der Waals surface area contributed by atoms with Crippen molar-refractivity contribution in [1.29, 1.82) is 0 Å². The molecule has 2 aromatic rings. The first-order valence-corrected chi connectivity index (χ1v) is 5.34. The van der Waals surface area contributed by atoms with Crippen molar-refractivity contribution in [1.82, 2.24) is 9.61 Å². The fourth-order valence-corrected chi connectivity index (χ4v) is 2.05. The highest BCUT2D eigenvalue weighted by Crippen LogP contribution is 2.27. The van der Waals surface area contributed by atoms with Crippen molar-refractivity contribution in [3.05, 3.63) is 35.2 Å². The minimum atomic E-state index is 0.197. The summed E-state index contributed by atoms with van der Waals surface area (Å²) in [5.41, 5.74) is 5.35. The second-order valence-electron chi connectivity index (χ2n) is 5.28. The van der Waals surface area contributed by atoms with Crippen LogP contribution in [0.3, 0.4) is 0 Å². The third-order valence-electron chi connectivity index (χ3n) is 2.86. The van der Waals surface area contributed by atoms with E-state index < -0.39 is 0 Å². The van der Waals surface area contributed by atoms with Crippen molar-refractivity contribution in [2.45, 2.75) is 40.0 Å². The Labute approximate surface area is 90.9 Å². The monoisotopic (exact) mass is 202 g/mol. The van der Waals surface area contributed by atoms with E-state index in [-0.39, 0.29) is 5.41 Å². The molecule has 0 radical (unpaired) electrons. The average molecular weight is 202 g/mol. The van der Waals surface area contributed by atoms with Crippen LogP contribution in [-0.2, 0) is 5.41 Å². The van der Waals surface area contributed by atoms with Gasteiger partial charge in [-0.15, -0.1) is 0 Å². The molecule has 80 valence electrons. The van der Waals surface area contributed by atoms with Crippen LogP contribution in [0.25, 0.3) is 5.52 Å². The smallest absolute Gasteiger partial charge is 0.0693 e. The van der Waals surface area contributed by atoms with E-state index in [0.717, 1.165) is 0 Å². The van der Waals surface area contributed by atoms with Gasteiger partial charge in [0.25, 0.3) is 0 Å². The molecule has 2 heterocycles. The van der Waals surface area contributed by atoms with Crippen LogP contribution in [0, 0.1) is 13.8 Å². The maximum atomic E-state index is 4.32. The molecule has 0 spiro atoms. The number of pyridine rings is 1. The van der Waals surface area contributed by atoms with Crippen LogP contribution in [0.2, 0.25) is 0 Å². The number of hydrogen-bond acceptors (Lipinski definition) is 1. The third kappa shape index (κ3) is 1.65. The number of rotatable bonds is 0. The molecule has 0 N–H and O–H groups in total. The minimum absolute atomic E-state index is 0.197. The van der Waals surface area contributed by atoms with Crippen molar-refractivity contribution >= 4 is 5.52 Å². The van der Waals surface area contributed by atoms with Crippen LogP contribution in [0.1, 0.15) is 37.5 Å². The van der Waals surface area contributed by atoms with E-state index in [4.69, 9.17) is 0 Å². The molecule has 2 nitrogen and oxygen atoms in total. The molecule has 0 saturated heterocycles. The average Bonchev–Trinajstić information content (AvgIpc) is 2.44. The zero-order chi connectivity index (χ0) is 11.2. The summed E-state index contributed by atoms with van der Waals surface area (Å²) in [5.74, 6) is 0. The zero-order valence-corrected chi connectivity index (χ0v) is 10.1. The van der Waals surface area contributed by atoms with Gasteiger partial charge in [-0.2, -0.15) is 5.10 Å². The molecule has 0 amide bonds. The van der Waals surface area contributed by atoms with Crippen LogP contribution >= 0.6 is 0 Å². The molecule has 0 bridgehead atoms. The van der Waals surface area contributed by atoms with E-state index >= 15 is 0 Å². The highest BCUT2D eigenvalue weighted by atomic mass is 15.2. The summed E-state index contributed by atoms with van der Waals surface area (Å²) in [6.07, 6.45) is 4.03. The van der Waals surface area contributed by atoms with E-state index in [2.05, 4.69) is 52.0 Å². The predicted octanol–water partition coefficient (Wildman–Crippen LogP) is 3.25. The molecule has 0 unspecified atom stereocenters. The van der Waals surface area contributed by atoms with E-state index in [1.165, 1.54) is 22.2 Å². The molecule has 0 aliphatic heterocycles. The molecule has 0 aromatic carbocycles. The van der Waals surface area contributed by atoms with Crippen LogP contribution in [-0.4, -0.2) is 9.61 Å². The van der Waals surface area contributed by atoms with Crippen molar-refractivity contribution in [2.75, 3.05) is 0 Å². The second kappa shape index (κ2) is 3.09. The van der Waals surface area contributed by atoms with Crippen LogP contribution < -0.4 is 0 Å². The first-order chi connectivity index (χ1) is 6.89. The number of nitrogens with zero attached hydrogens (tertiary/aromatic N) is 2. The summed E-state index contributed by atoms with van der Waals surface area (Å²) < 4.78 is 1.96. The molecule has 2 heteroatoms. The summed E-state index contributed by atoms with van der Waals surface area (Å²) in [6, 6.07) is 2.26. The predicted molar refractivity (Wildman–Crippen MR) is 63.4 cm³/mol.